The lowest BCUT2D eigenvalue weighted by molar-refractivity contribution is -0.124. The number of urea groups is 1. The minimum Gasteiger partial charge on any atom is -0.325 e. The van der Waals surface area contributed by atoms with E-state index in [1.807, 2.05) is 6.92 Å². The highest BCUT2D eigenvalue weighted by Gasteiger charge is 2.31. The molecule has 1 aromatic heterocycles. The van der Waals surface area contributed by atoms with Gasteiger partial charge in [0.1, 0.15) is 11.9 Å². The van der Waals surface area contributed by atoms with Gasteiger partial charge < -0.3 is 10.6 Å². The molecule has 1 saturated heterocycles. The zero-order valence-electron chi connectivity index (χ0n) is 12.1. The number of aromatic nitrogens is 2. The molecule has 1 aromatic rings. The van der Waals surface area contributed by atoms with E-state index in [4.69, 9.17) is 0 Å². The first kappa shape index (κ1) is 15.0. The monoisotopic (exact) mass is 293 g/mol. The van der Waals surface area contributed by atoms with Crippen molar-refractivity contribution in [1.29, 1.82) is 0 Å². The van der Waals surface area contributed by atoms with Gasteiger partial charge in [0, 0.05) is 12.1 Å². The molecule has 0 aliphatic carbocycles. The van der Waals surface area contributed by atoms with E-state index in [0.717, 1.165) is 24.9 Å². The van der Waals surface area contributed by atoms with Crippen LogP contribution in [0.5, 0.6) is 0 Å². The molecule has 2 rings (SSSR count). The normalized spacial score (nSPS) is 17.5. The van der Waals surface area contributed by atoms with Crippen LogP contribution in [0.4, 0.5) is 10.6 Å². The van der Waals surface area contributed by atoms with Crippen LogP contribution in [0.2, 0.25) is 0 Å². The van der Waals surface area contributed by atoms with Gasteiger partial charge in [0.15, 0.2) is 0 Å². The Hall–Kier alpha value is -2.38. The van der Waals surface area contributed by atoms with Crippen molar-refractivity contribution in [2.45, 2.75) is 45.7 Å². The highest BCUT2D eigenvalue weighted by molar-refractivity contribution is 6.06. The summed E-state index contributed by atoms with van der Waals surface area (Å²) in [6, 6.07) is -1.38. The molecule has 0 radical (unpaired) electrons. The number of unbranched alkanes of at least 4 members (excludes halogenated alkanes) is 1. The van der Waals surface area contributed by atoms with Crippen LogP contribution in [0.1, 0.15) is 31.7 Å². The van der Waals surface area contributed by atoms with Gasteiger partial charge in [-0.3, -0.25) is 14.9 Å². The number of rotatable bonds is 6. The van der Waals surface area contributed by atoms with Gasteiger partial charge in [0.2, 0.25) is 5.91 Å². The Balaban J connectivity index is 1.98. The van der Waals surface area contributed by atoms with Gasteiger partial charge in [0.05, 0.1) is 12.6 Å². The summed E-state index contributed by atoms with van der Waals surface area (Å²) in [6.07, 6.45) is 3.58. The first-order valence-corrected chi connectivity index (χ1v) is 6.95. The van der Waals surface area contributed by atoms with Crippen molar-refractivity contribution in [3.8, 4) is 0 Å². The summed E-state index contributed by atoms with van der Waals surface area (Å²) < 4.78 is 1.74. The Morgan fingerprint density at radius 3 is 2.86 bits per heavy atom. The van der Waals surface area contributed by atoms with Crippen LogP contribution in [0.3, 0.4) is 0 Å². The molecule has 0 aromatic carbocycles. The van der Waals surface area contributed by atoms with E-state index < -0.39 is 18.0 Å². The predicted octanol–water partition coefficient (Wildman–Crippen LogP) is 0.528. The number of imide groups is 1. The maximum Gasteiger partial charge on any atom is 0.322 e. The minimum absolute atomic E-state index is 0.101. The molecule has 0 spiro atoms. The highest BCUT2D eigenvalue weighted by atomic mass is 16.2. The first-order valence-electron chi connectivity index (χ1n) is 6.95. The second kappa shape index (κ2) is 6.38. The average Bonchev–Trinajstić information content (AvgIpc) is 2.92. The van der Waals surface area contributed by atoms with Crippen molar-refractivity contribution < 1.29 is 14.4 Å². The van der Waals surface area contributed by atoms with Gasteiger partial charge in [0.25, 0.3) is 5.91 Å². The Morgan fingerprint density at radius 1 is 1.48 bits per heavy atom. The number of anilines is 1. The number of nitrogens with one attached hydrogen (secondary N) is 3. The fourth-order valence-electron chi connectivity index (χ4n) is 2.09. The summed E-state index contributed by atoms with van der Waals surface area (Å²) in [6.45, 7) is 4.66. The number of hydrogen-bond acceptors (Lipinski definition) is 4. The van der Waals surface area contributed by atoms with Crippen LogP contribution >= 0.6 is 0 Å². The van der Waals surface area contributed by atoms with Crippen molar-refractivity contribution in [3.63, 3.8) is 0 Å². The maximum absolute atomic E-state index is 12.0. The van der Waals surface area contributed by atoms with Crippen LogP contribution in [0.25, 0.3) is 0 Å². The molecule has 8 heteroatoms. The Labute approximate surface area is 122 Å². The second-order valence-corrected chi connectivity index (χ2v) is 5.02. The lowest BCUT2D eigenvalue weighted by atomic mass is 10.2. The number of amides is 4. The number of carbonyl (C=O) groups excluding carboxylic acids is 3. The predicted molar refractivity (Wildman–Crippen MR) is 75.6 cm³/mol. The SMILES string of the molecule is CCCCn1ncc(C)c1NC(=O)C[C@H]1NC(=O)NC1=O. The van der Waals surface area contributed by atoms with Gasteiger partial charge in [-0.2, -0.15) is 5.10 Å². The molecule has 3 N–H and O–H groups in total. The molecule has 2 heterocycles. The van der Waals surface area contributed by atoms with Gasteiger partial charge in [-0.25, -0.2) is 9.48 Å². The largest absolute Gasteiger partial charge is 0.325 e. The Bertz CT molecular complexity index is 566. The summed E-state index contributed by atoms with van der Waals surface area (Å²) in [5.74, 6) is -0.178. The third kappa shape index (κ3) is 3.59. The standard InChI is InChI=1S/C13H19N5O3/c1-3-4-5-18-11(8(2)7-14-18)16-10(19)6-9-12(20)17-13(21)15-9/h7,9H,3-6H2,1-2H3,(H,16,19)(H2,15,17,20,21)/t9-/m1/s1. The van der Waals surface area contributed by atoms with Gasteiger partial charge >= 0.3 is 6.03 Å². The molecule has 0 bridgehead atoms. The van der Waals surface area contributed by atoms with Crippen molar-refractivity contribution >= 4 is 23.7 Å². The third-order valence-electron chi connectivity index (χ3n) is 3.25. The summed E-state index contributed by atoms with van der Waals surface area (Å²) in [4.78, 5) is 34.4. The molecule has 1 fully saturated rings. The first-order chi connectivity index (χ1) is 10.0. The van der Waals surface area contributed by atoms with Crippen LogP contribution in [0.15, 0.2) is 6.20 Å². The van der Waals surface area contributed by atoms with E-state index in [-0.39, 0.29) is 12.3 Å². The van der Waals surface area contributed by atoms with E-state index in [1.165, 1.54) is 0 Å². The van der Waals surface area contributed by atoms with Crippen molar-refractivity contribution in [3.05, 3.63) is 11.8 Å². The Kier molecular flexibility index (Phi) is 4.56. The quantitative estimate of drug-likeness (QED) is 0.665. The van der Waals surface area contributed by atoms with Crippen LogP contribution in [-0.4, -0.2) is 33.7 Å². The van der Waals surface area contributed by atoms with E-state index in [0.29, 0.717) is 5.82 Å². The smallest absolute Gasteiger partial charge is 0.322 e. The molecule has 4 amide bonds. The molecule has 21 heavy (non-hydrogen) atoms. The van der Waals surface area contributed by atoms with Crippen molar-refractivity contribution in [2.24, 2.45) is 0 Å². The van der Waals surface area contributed by atoms with Crippen LogP contribution in [0, 0.1) is 6.92 Å². The number of hydrogen-bond donors (Lipinski definition) is 3. The Morgan fingerprint density at radius 2 is 2.24 bits per heavy atom. The fourth-order valence-corrected chi connectivity index (χ4v) is 2.09. The molecule has 0 unspecified atom stereocenters. The zero-order valence-corrected chi connectivity index (χ0v) is 12.1. The summed E-state index contributed by atoms with van der Waals surface area (Å²) in [7, 11) is 0. The van der Waals surface area contributed by atoms with E-state index >= 15 is 0 Å². The molecule has 8 nitrogen and oxygen atoms in total. The minimum atomic E-state index is -0.815. The molecular weight excluding hydrogens is 274 g/mol. The molecule has 114 valence electrons. The van der Waals surface area contributed by atoms with Crippen molar-refractivity contribution in [2.75, 3.05) is 5.32 Å². The highest BCUT2D eigenvalue weighted by Crippen LogP contribution is 2.15. The number of aryl methyl sites for hydroxylation is 2. The molecular formula is C13H19N5O3. The van der Waals surface area contributed by atoms with Gasteiger partial charge in [-0.05, 0) is 13.3 Å². The van der Waals surface area contributed by atoms with E-state index in [9.17, 15) is 14.4 Å². The molecule has 1 aliphatic rings. The average molecular weight is 293 g/mol. The molecule has 0 saturated carbocycles. The summed E-state index contributed by atoms with van der Waals surface area (Å²) >= 11 is 0. The topological polar surface area (TPSA) is 105 Å². The number of carbonyl (C=O) groups is 3. The summed E-state index contributed by atoms with van der Waals surface area (Å²) in [5.41, 5.74) is 0.861. The fraction of sp³-hybridized carbons (Fsp3) is 0.538. The van der Waals surface area contributed by atoms with E-state index in [2.05, 4.69) is 28.0 Å². The lowest BCUT2D eigenvalue weighted by Crippen LogP contribution is -2.33. The lowest BCUT2D eigenvalue weighted by Gasteiger charge is -2.11. The van der Waals surface area contributed by atoms with Crippen LogP contribution < -0.4 is 16.0 Å². The molecule has 1 atom stereocenters. The maximum atomic E-state index is 12.0. The second-order valence-electron chi connectivity index (χ2n) is 5.02. The third-order valence-corrected chi connectivity index (χ3v) is 3.25. The summed E-state index contributed by atoms with van der Waals surface area (Å²) in [5, 5.41) is 11.5. The zero-order chi connectivity index (χ0) is 15.4. The van der Waals surface area contributed by atoms with Gasteiger partial charge in [-0.15, -0.1) is 0 Å². The van der Waals surface area contributed by atoms with Gasteiger partial charge in [-0.1, -0.05) is 13.3 Å². The number of nitrogens with zero attached hydrogens (tertiary/aromatic N) is 2. The molecule has 1 aliphatic heterocycles. The van der Waals surface area contributed by atoms with Crippen molar-refractivity contribution in [1.82, 2.24) is 20.4 Å². The van der Waals surface area contributed by atoms with E-state index in [1.54, 1.807) is 10.9 Å². The van der Waals surface area contributed by atoms with Crippen LogP contribution in [-0.2, 0) is 16.1 Å².